The zero-order valence-corrected chi connectivity index (χ0v) is 19.2. The number of nitrogens with two attached hydrogens (primary N) is 1. The topological polar surface area (TPSA) is 116 Å². The number of carbonyl (C=O) groups is 2. The van der Waals surface area contributed by atoms with Crippen LogP contribution in [-0.2, 0) is 30.8 Å². The largest absolute Gasteiger partial charge is 0.456 e. The molecule has 0 spiro atoms. The molecule has 7 nitrogen and oxygen atoms in total. The van der Waals surface area contributed by atoms with E-state index >= 15 is 0 Å². The molecule has 0 aliphatic rings. The van der Waals surface area contributed by atoms with Crippen LogP contribution < -0.4 is 10.5 Å². The predicted molar refractivity (Wildman–Crippen MR) is 120 cm³/mol. The maximum Gasteiger partial charge on any atom is 0.306 e. The molecule has 0 aromatic heterocycles. The van der Waals surface area contributed by atoms with Gasteiger partial charge in [-0.15, -0.1) is 0 Å². The van der Waals surface area contributed by atoms with Crippen LogP contribution in [0.1, 0.15) is 62.6 Å². The molecule has 0 saturated carbocycles. The molecule has 168 valence electrons. The molecular weight excluding hydrogens is 416 g/mol. The number of hydrogen-bond donors (Lipinski definition) is 2. The quantitative estimate of drug-likeness (QED) is 0.570. The minimum Gasteiger partial charge on any atom is -0.456 e. The first kappa shape index (κ1) is 24.6. The van der Waals surface area contributed by atoms with Crippen LogP contribution in [0, 0.1) is 0 Å². The summed E-state index contributed by atoms with van der Waals surface area (Å²) < 4.78 is 27.7. The molecule has 0 fully saturated rings. The number of nitrogens with one attached hydrogen (secondary N) is 1. The molecular formula is C23H30N2O5S. The van der Waals surface area contributed by atoms with Crippen molar-refractivity contribution in [2.75, 3.05) is 11.9 Å². The van der Waals surface area contributed by atoms with E-state index < -0.39 is 16.0 Å². The lowest BCUT2D eigenvalue weighted by Gasteiger charge is -2.20. The second-order valence-electron chi connectivity index (χ2n) is 8.02. The third-order valence-electron chi connectivity index (χ3n) is 4.87. The van der Waals surface area contributed by atoms with Gasteiger partial charge < -0.3 is 10.1 Å². The first-order valence-corrected chi connectivity index (χ1v) is 11.7. The van der Waals surface area contributed by atoms with E-state index in [9.17, 15) is 18.0 Å². The van der Waals surface area contributed by atoms with Crippen molar-refractivity contribution in [1.29, 1.82) is 0 Å². The number of anilines is 1. The monoisotopic (exact) mass is 446 g/mol. The average molecular weight is 447 g/mol. The fourth-order valence-electron chi connectivity index (χ4n) is 3.18. The standard InChI is InChI=1S/C23H30N2O5S/c1-15(2)19-6-5-7-20(16(3)4)23(19)25-21(26)14-30-22(27)13-10-17-8-11-18(12-9-17)31(24,28)29/h5-9,11-12,15-16H,10,13-14H2,1-4H3,(H,25,26)(H2,24,28,29). The van der Waals surface area contributed by atoms with Gasteiger partial charge in [0.1, 0.15) is 0 Å². The van der Waals surface area contributed by atoms with Crippen LogP contribution >= 0.6 is 0 Å². The summed E-state index contributed by atoms with van der Waals surface area (Å²) in [7, 11) is -3.75. The van der Waals surface area contributed by atoms with Crippen molar-refractivity contribution in [1.82, 2.24) is 0 Å². The van der Waals surface area contributed by atoms with Gasteiger partial charge in [-0.2, -0.15) is 0 Å². The molecule has 0 unspecified atom stereocenters. The van der Waals surface area contributed by atoms with E-state index in [-0.39, 0.29) is 35.7 Å². The fraction of sp³-hybridized carbons (Fsp3) is 0.391. The zero-order chi connectivity index (χ0) is 23.2. The van der Waals surface area contributed by atoms with Crippen LogP contribution in [0.2, 0.25) is 0 Å². The van der Waals surface area contributed by atoms with Crippen molar-refractivity contribution >= 4 is 27.6 Å². The number of ether oxygens (including phenoxy) is 1. The van der Waals surface area contributed by atoms with Gasteiger partial charge in [0, 0.05) is 12.1 Å². The van der Waals surface area contributed by atoms with E-state index in [4.69, 9.17) is 9.88 Å². The number of amides is 1. The Morgan fingerprint density at radius 3 is 2.00 bits per heavy atom. The highest BCUT2D eigenvalue weighted by Crippen LogP contribution is 2.32. The third kappa shape index (κ3) is 7.18. The third-order valence-corrected chi connectivity index (χ3v) is 5.80. The van der Waals surface area contributed by atoms with Crippen LogP contribution in [0.5, 0.6) is 0 Å². The van der Waals surface area contributed by atoms with Crippen molar-refractivity contribution in [2.24, 2.45) is 5.14 Å². The van der Waals surface area contributed by atoms with Crippen LogP contribution in [0.4, 0.5) is 5.69 Å². The highest BCUT2D eigenvalue weighted by atomic mass is 32.2. The molecule has 8 heteroatoms. The van der Waals surface area contributed by atoms with Crippen molar-refractivity contribution in [3.05, 3.63) is 59.2 Å². The number of para-hydroxylation sites is 1. The lowest BCUT2D eigenvalue weighted by atomic mass is 9.92. The maximum absolute atomic E-state index is 12.4. The molecule has 0 heterocycles. The molecule has 2 aromatic carbocycles. The fourth-order valence-corrected chi connectivity index (χ4v) is 3.70. The number of sulfonamides is 1. The molecule has 31 heavy (non-hydrogen) atoms. The summed E-state index contributed by atoms with van der Waals surface area (Å²) in [5.41, 5.74) is 3.62. The number of rotatable bonds is 9. The second kappa shape index (κ2) is 10.5. The van der Waals surface area contributed by atoms with Gasteiger partial charge >= 0.3 is 5.97 Å². The Balaban J connectivity index is 1.91. The van der Waals surface area contributed by atoms with Gasteiger partial charge in [-0.05, 0) is 47.1 Å². The molecule has 3 N–H and O–H groups in total. The summed E-state index contributed by atoms with van der Waals surface area (Å²) in [6.07, 6.45) is 0.431. The average Bonchev–Trinajstić information content (AvgIpc) is 2.70. The summed E-state index contributed by atoms with van der Waals surface area (Å²) in [4.78, 5) is 24.5. The molecule has 0 bridgehead atoms. The van der Waals surface area contributed by atoms with Gasteiger partial charge in [0.15, 0.2) is 6.61 Å². The first-order valence-electron chi connectivity index (χ1n) is 10.2. The maximum atomic E-state index is 12.4. The van der Waals surface area contributed by atoms with Crippen molar-refractivity contribution in [2.45, 2.75) is 57.3 Å². The lowest BCUT2D eigenvalue weighted by Crippen LogP contribution is -2.22. The molecule has 2 rings (SSSR count). The van der Waals surface area contributed by atoms with Crippen molar-refractivity contribution in [3.8, 4) is 0 Å². The second-order valence-corrected chi connectivity index (χ2v) is 9.58. The van der Waals surface area contributed by atoms with Gasteiger partial charge in [0.25, 0.3) is 5.91 Å². The molecule has 0 aliphatic carbocycles. The van der Waals surface area contributed by atoms with Gasteiger partial charge in [-0.1, -0.05) is 58.0 Å². The Morgan fingerprint density at radius 1 is 0.968 bits per heavy atom. The van der Waals surface area contributed by atoms with E-state index in [1.807, 2.05) is 18.2 Å². The smallest absolute Gasteiger partial charge is 0.306 e. The molecule has 0 radical (unpaired) electrons. The number of benzene rings is 2. The molecule has 1 amide bonds. The molecule has 0 atom stereocenters. The minimum absolute atomic E-state index is 0.0120. The minimum atomic E-state index is -3.75. The number of aryl methyl sites for hydroxylation is 1. The van der Waals surface area contributed by atoms with Crippen LogP contribution in [0.25, 0.3) is 0 Å². The summed E-state index contributed by atoms with van der Waals surface area (Å²) in [6.45, 7) is 7.87. The van der Waals surface area contributed by atoms with E-state index in [1.165, 1.54) is 12.1 Å². The van der Waals surface area contributed by atoms with Crippen molar-refractivity contribution < 1.29 is 22.7 Å². The first-order chi connectivity index (χ1) is 14.5. The Labute approximate surface area is 184 Å². The Bertz CT molecular complexity index is 1000. The van der Waals surface area contributed by atoms with E-state index in [0.29, 0.717) is 6.42 Å². The summed E-state index contributed by atoms with van der Waals surface area (Å²) in [5, 5.41) is 7.97. The van der Waals surface area contributed by atoms with Crippen LogP contribution in [0.15, 0.2) is 47.4 Å². The Kier molecular flexibility index (Phi) is 8.36. The van der Waals surface area contributed by atoms with Gasteiger partial charge in [0.2, 0.25) is 10.0 Å². The number of carbonyl (C=O) groups excluding carboxylic acids is 2. The summed E-state index contributed by atoms with van der Waals surface area (Å²) in [6, 6.07) is 11.9. The Hall–Kier alpha value is -2.71. The van der Waals surface area contributed by atoms with Crippen LogP contribution in [-0.4, -0.2) is 26.9 Å². The highest BCUT2D eigenvalue weighted by Gasteiger charge is 2.17. The number of esters is 1. The number of hydrogen-bond acceptors (Lipinski definition) is 5. The van der Waals surface area contributed by atoms with E-state index in [1.54, 1.807) is 12.1 Å². The van der Waals surface area contributed by atoms with E-state index in [2.05, 4.69) is 33.0 Å². The highest BCUT2D eigenvalue weighted by molar-refractivity contribution is 7.89. The van der Waals surface area contributed by atoms with Crippen LogP contribution in [0.3, 0.4) is 0 Å². The Morgan fingerprint density at radius 2 is 1.52 bits per heavy atom. The van der Waals surface area contributed by atoms with Gasteiger partial charge in [-0.3, -0.25) is 9.59 Å². The molecule has 2 aromatic rings. The normalized spacial score (nSPS) is 11.6. The predicted octanol–water partition coefficient (Wildman–Crippen LogP) is 3.70. The molecule has 0 aliphatic heterocycles. The lowest BCUT2D eigenvalue weighted by molar-refractivity contribution is -0.147. The zero-order valence-electron chi connectivity index (χ0n) is 18.3. The van der Waals surface area contributed by atoms with Gasteiger partial charge in [0.05, 0.1) is 4.90 Å². The van der Waals surface area contributed by atoms with Crippen molar-refractivity contribution in [3.63, 3.8) is 0 Å². The summed E-state index contributed by atoms with van der Waals surface area (Å²) in [5.74, 6) is -0.429. The SMILES string of the molecule is CC(C)c1cccc(C(C)C)c1NC(=O)COC(=O)CCc1ccc(S(N)(=O)=O)cc1. The number of primary sulfonamides is 1. The van der Waals surface area contributed by atoms with Gasteiger partial charge in [-0.25, -0.2) is 13.6 Å². The summed E-state index contributed by atoms with van der Waals surface area (Å²) >= 11 is 0. The van der Waals surface area contributed by atoms with E-state index in [0.717, 1.165) is 22.4 Å². The molecule has 0 saturated heterocycles.